The molecule has 1 N–H and O–H groups in total. The number of hydrogen-bond acceptors (Lipinski definition) is 5. The van der Waals surface area contributed by atoms with E-state index in [2.05, 4.69) is 5.32 Å². The van der Waals surface area contributed by atoms with Gasteiger partial charge in [0.25, 0.3) is 0 Å². The summed E-state index contributed by atoms with van der Waals surface area (Å²) in [5.74, 6) is 1.04. The molecule has 1 unspecified atom stereocenters. The van der Waals surface area contributed by atoms with E-state index in [4.69, 9.17) is 19.3 Å². The fourth-order valence-electron chi connectivity index (χ4n) is 3.18. The van der Waals surface area contributed by atoms with Gasteiger partial charge in [-0.3, -0.25) is 4.79 Å². The monoisotopic (exact) mass is 421 g/mol. The molecule has 1 heterocycles. The largest absolute Gasteiger partial charge is 0.493 e. The van der Waals surface area contributed by atoms with Crippen molar-refractivity contribution in [3.8, 4) is 28.4 Å². The van der Waals surface area contributed by atoms with Crippen LogP contribution in [0.1, 0.15) is 12.5 Å². The maximum atomic E-state index is 12.3. The zero-order valence-corrected chi connectivity index (χ0v) is 18.2. The average Bonchev–Trinajstić information content (AvgIpc) is 3.22. The van der Waals surface area contributed by atoms with Gasteiger partial charge in [0, 0.05) is 36.6 Å². The standard InChI is InChI=1S/C24H27N3O4/c1-17(16-29-2)25-23(28)13-11-19-15-27(20-8-6-5-7-9-20)26-24(19)18-10-12-21(30-3)22(14-18)31-4/h5-15,17H,16H2,1-4H3,(H,25,28)/b13-11+. The molecule has 0 aliphatic rings. The molecule has 162 valence electrons. The molecule has 1 amide bonds. The van der Waals surface area contributed by atoms with E-state index in [1.54, 1.807) is 32.1 Å². The Bertz CT molecular complexity index is 1040. The molecule has 0 aliphatic heterocycles. The van der Waals surface area contributed by atoms with Crippen molar-refractivity contribution in [3.05, 3.63) is 66.4 Å². The van der Waals surface area contributed by atoms with Crippen molar-refractivity contribution in [1.82, 2.24) is 15.1 Å². The van der Waals surface area contributed by atoms with E-state index in [-0.39, 0.29) is 11.9 Å². The second-order valence-electron chi connectivity index (χ2n) is 6.98. The van der Waals surface area contributed by atoms with E-state index < -0.39 is 0 Å². The van der Waals surface area contributed by atoms with Crippen LogP contribution in [0, 0.1) is 0 Å². The fraction of sp³-hybridized carbons (Fsp3) is 0.250. The minimum Gasteiger partial charge on any atom is -0.493 e. The molecule has 1 atom stereocenters. The number of para-hydroxylation sites is 1. The summed E-state index contributed by atoms with van der Waals surface area (Å²) in [7, 11) is 4.79. The summed E-state index contributed by atoms with van der Waals surface area (Å²) in [4.78, 5) is 12.3. The minimum absolute atomic E-state index is 0.0838. The Hall–Kier alpha value is -3.58. The molecule has 0 fully saturated rings. The average molecular weight is 421 g/mol. The van der Waals surface area contributed by atoms with E-state index in [1.807, 2.05) is 61.7 Å². The lowest BCUT2D eigenvalue weighted by Crippen LogP contribution is -2.34. The number of aromatic nitrogens is 2. The number of methoxy groups -OCH3 is 3. The van der Waals surface area contributed by atoms with E-state index in [9.17, 15) is 4.79 Å². The van der Waals surface area contributed by atoms with Gasteiger partial charge >= 0.3 is 0 Å². The number of amides is 1. The number of carbonyl (C=O) groups excluding carboxylic acids is 1. The number of hydrogen-bond donors (Lipinski definition) is 1. The van der Waals surface area contributed by atoms with Crippen LogP contribution >= 0.6 is 0 Å². The third-order valence-corrected chi connectivity index (χ3v) is 4.64. The van der Waals surface area contributed by atoms with Gasteiger partial charge in [-0.1, -0.05) is 18.2 Å². The number of carbonyl (C=O) groups is 1. The zero-order chi connectivity index (χ0) is 22.2. The molecule has 2 aromatic carbocycles. The first-order chi connectivity index (χ1) is 15.0. The van der Waals surface area contributed by atoms with Crippen LogP contribution in [0.3, 0.4) is 0 Å². The van der Waals surface area contributed by atoms with Crippen LogP contribution in [0.2, 0.25) is 0 Å². The van der Waals surface area contributed by atoms with Crippen molar-refractivity contribution in [1.29, 1.82) is 0 Å². The molecule has 3 rings (SSSR count). The topological polar surface area (TPSA) is 74.6 Å². The second-order valence-corrected chi connectivity index (χ2v) is 6.98. The Balaban J connectivity index is 1.98. The highest BCUT2D eigenvalue weighted by Gasteiger charge is 2.14. The van der Waals surface area contributed by atoms with Crippen LogP contribution in [-0.2, 0) is 9.53 Å². The maximum absolute atomic E-state index is 12.3. The van der Waals surface area contributed by atoms with Crippen LogP contribution < -0.4 is 14.8 Å². The molecular weight excluding hydrogens is 394 g/mol. The zero-order valence-electron chi connectivity index (χ0n) is 18.2. The van der Waals surface area contributed by atoms with Crippen molar-refractivity contribution < 1.29 is 19.0 Å². The Morgan fingerprint density at radius 1 is 1.10 bits per heavy atom. The van der Waals surface area contributed by atoms with Gasteiger partial charge in [-0.15, -0.1) is 0 Å². The summed E-state index contributed by atoms with van der Waals surface area (Å²) in [6, 6.07) is 15.3. The number of benzene rings is 2. The van der Waals surface area contributed by atoms with Crippen LogP contribution in [0.4, 0.5) is 0 Å². The number of rotatable bonds is 9. The molecule has 0 bridgehead atoms. The summed E-state index contributed by atoms with van der Waals surface area (Å²) in [5, 5.41) is 7.63. The summed E-state index contributed by atoms with van der Waals surface area (Å²) >= 11 is 0. The third-order valence-electron chi connectivity index (χ3n) is 4.64. The second kappa shape index (κ2) is 10.4. The molecule has 3 aromatic rings. The summed E-state index contributed by atoms with van der Waals surface area (Å²) in [6.07, 6.45) is 5.15. The lowest BCUT2D eigenvalue weighted by molar-refractivity contribution is -0.117. The number of nitrogens with one attached hydrogen (secondary N) is 1. The quantitative estimate of drug-likeness (QED) is 0.533. The lowest BCUT2D eigenvalue weighted by Gasteiger charge is -2.10. The van der Waals surface area contributed by atoms with Crippen molar-refractivity contribution in [3.63, 3.8) is 0 Å². The maximum Gasteiger partial charge on any atom is 0.244 e. The number of nitrogens with zero attached hydrogens (tertiary/aromatic N) is 2. The Morgan fingerprint density at radius 3 is 2.52 bits per heavy atom. The third kappa shape index (κ3) is 5.52. The van der Waals surface area contributed by atoms with Gasteiger partial charge < -0.3 is 19.5 Å². The highest BCUT2D eigenvalue weighted by atomic mass is 16.5. The predicted molar refractivity (Wildman–Crippen MR) is 121 cm³/mol. The molecule has 31 heavy (non-hydrogen) atoms. The fourth-order valence-corrected chi connectivity index (χ4v) is 3.18. The van der Waals surface area contributed by atoms with Crippen LogP contribution in [-0.4, -0.2) is 49.7 Å². The smallest absolute Gasteiger partial charge is 0.244 e. The van der Waals surface area contributed by atoms with E-state index in [1.165, 1.54) is 6.08 Å². The molecule has 0 saturated carbocycles. The van der Waals surface area contributed by atoms with Crippen LogP contribution in [0.15, 0.2) is 60.8 Å². The van der Waals surface area contributed by atoms with Crippen LogP contribution in [0.25, 0.3) is 23.0 Å². The molecule has 0 radical (unpaired) electrons. The van der Waals surface area contributed by atoms with Crippen molar-refractivity contribution in [2.45, 2.75) is 13.0 Å². The van der Waals surface area contributed by atoms with Crippen LogP contribution in [0.5, 0.6) is 11.5 Å². The SMILES string of the molecule is COCC(C)NC(=O)/C=C/c1cn(-c2ccccc2)nc1-c1ccc(OC)c(OC)c1. The van der Waals surface area contributed by atoms with Gasteiger partial charge in [0.15, 0.2) is 11.5 Å². The number of ether oxygens (including phenoxy) is 3. The Labute approximate surface area is 182 Å². The lowest BCUT2D eigenvalue weighted by atomic mass is 10.1. The van der Waals surface area contributed by atoms with Gasteiger partial charge in [0.2, 0.25) is 5.91 Å². The molecule has 7 heteroatoms. The van der Waals surface area contributed by atoms with Gasteiger partial charge in [0.1, 0.15) is 5.69 Å². The summed E-state index contributed by atoms with van der Waals surface area (Å²) < 4.78 is 17.6. The molecule has 0 saturated heterocycles. The van der Waals surface area contributed by atoms with Gasteiger partial charge in [-0.05, 0) is 43.3 Å². The first-order valence-corrected chi connectivity index (χ1v) is 9.90. The molecule has 0 spiro atoms. The molecule has 7 nitrogen and oxygen atoms in total. The first-order valence-electron chi connectivity index (χ1n) is 9.90. The highest BCUT2D eigenvalue weighted by molar-refractivity contribution is 5.93. The van der Waals surface area contributed by atoms with Crippen molar-refractivity contribution >= 4 is 12.0 Å². The highest BCUT2D eigenvalue weighted by Crippen LogP contribution is 2.33. The predicted octanol–water partition coefficient (Wildman–Crippen LogP) is 3.72. The van der Waals surface area contributed by atoms with E-state index >= 15 is 0 Å². The minimum atomic E-state index is -0.199. The summed E-state index contributed by atoms with van der Waals surface area (Å²) in [6.45, 7) is 2.33. The molecule has 0 aliphatic carbocycles. The normalized spacial score (nSPS) is 12.0. The Morgan fingerprint density at radius 2 is 1.84 bits per heavy atom. The van der Waals surface area contributed by atoms with Crippen molar-refractivity contribution in [2.24, 2.45) is 0 Å². The first kappa shape index (κ1) is 22.1. The van der Waals surface area contributed by atoms with Gasteiger partial charge in [-0.2, -0.15) is 5.10 Å². The van der Waals surface area contributed by atoms with Gasteiger partial charge in [0.05, 0.1) is 26.5 Å². The van der Waals surface area contributed by atoms with Gasteiger partial charge in [-0.25, -0.2) is 4.68 Å². The molecule has 1 aromatic heterocycles. The molecular formula is C24H27N3O4. The van der Waals surface area contributed by atoms with E-state index in [0.29, 0.717) is 18.1 Å². The van der Waals surface area contributed by atoms with E-state index in [0.717, 1.165) is 22.5 Å². The Kier molecular flexibility index (Phi) is 7.45. The summed E-state index contributed by atoms with van der Waals surface area (Å²) in [5.41, 5.74) is 3.28. The van der Waals surface area contributed by atoms with Crippen molar-refractivity contribution in [2.75, 3.05) is 27.9 Å².